The van der Waals surface area contributed by atoms with Gasteiger partial charge in [-0.1, -0.05) is 0 Å². The number of nitrogens with zero attached hydrogens (tertiary/aromatic N) is 3. The lowest BCUT2D eigenvalue weighted by Crippen LogP contribution is -2.26. The second-order valence-electron chi connectivity index (χ2n) is 4.24. The van der Waals surface area contributed by atoms with Crippen LogP contribution in [0.15, 0.2) is 6.07 Å². The van der Waals surface area contributed by atoms with Crippen LogP contribution in [0.3, 0.4) is 0 Å². The Balaban J connectivity index is 2.29. The van der Waals surface area contributed by atoms with Crippen molar-refractivity contribution in [3.63, 3.8) is 0 Å². The van der Waals surface area contributed by atoms with Crippen LogP contribution < -0.4 is 4.90 Å². The fourth-order valence-electron chi connectivity index (χ4n) is 1.95. The van der Waals surface area contributed by atoms with Gasteiger partial charge in [-0.05, 0) is 5.92 Å². The van der Waals surface area contributed by atoms with Gasteiger partial charge in [0.25, 0.3) is 0 Å². The second kappa shape index (κ2) is 4.46. The van der Waals surface area contributed by atoms with E-state index in [1.54, 1.807) is 0 Å². The van der Waals surface area contributed by atoms with E-state index in [1.165, 1.54) is 11.9 Å². The number of carbonyl (C=O) groups excluding carboxylic acids is 1. The standard InChI is InChI=1S/C10H11ClF3N3O/c1-16-8(3-7(15-16)10(12,13)14)17-5-6(4-11)2-9(17)18/h3,6H,2,4-5H2,1H3. The minimum absolute atomic E-state index is 0.0246. The first kappa shape index (κ1) is 13.2. The van der Waals surface area contributed by atoms with Crippen molar-refractivity contribution >= 4 is 23.3 Å². The molecule has 0 radical (unpaired) electrons. The summed E-state index contributed by atoms with van der Waals surface area (Å²) in [7, 11) is 1.38. The number of alkyl halides is 4. The molecule has 0 saturated carbocycles. The zero-order valence-electron chi connectivity index (χ0n) is 9.54. The fourth-order valence-corrected chi connectivity index (χ4v) is 2.16. The summed E-state index contributed by atoms with van der Waals surface area (Å²) < 4.78 is 38.6. The molecule has 1 aromatic heterocycles. The van der Waals surface area contributed by atoms with Crippen molar-refractivity contribution in [1.29, 1.82) is 0 Å². The largest absolute Gasteiger partial charge is 0.435 e. The van der Waals surface area contributed by atoms with E-state index in [1.807, 2.05) is 0 Å². The highest BCUT2D eigenvalue weighted by atomic mass is 35.5. The van der Waals surface area contributed by atoms with Gasteiger partial charge in [-0.3, -0.25) is 14.4 Å². The molecule has 2 heterocycles. The maximum absolute atomic E-state index is 12.5. The number of carbonyl (C=O) groups is 1. The number of hydrogen-bond acceptors (Lipinski definition) is 2. The van der Waals surface area contributed by atoms with Crippen LogP contribution in [0.5, 0.6) is 0 Å². The van der Waals surface area contributed by atoms with Crippen LogP contribution >= 0.6 is 11.6 Å². The fraction of sp³-hybridized carbons (Fsp3) is 0.600. The predicted molar refractivity (Wildman–Crippen MR) is 59.4 cm³/mol. The van der Waals surface area contributed by atoms with Crippen LogP contribution in [0, 0.1) is 5.92 Å². The number of halogens is 4. The zero-order chi connectivity index (χ0) is 13.5. The number of anilines is 1. The smallest absolute Gasteiger partial charge is 0.297 e. The molecule has 2 rings (SSSR count). The van der Waals surface area contributed by atoms with Crippen molar-refractivity contribution in [1.82, 2.24) is 9.78 Å². The third-order valence-electron chi connectivity index (χ3n) is 2.85. The highest BCUT2D eigenvalue weighted by Crippen LogP contribution is 2.32. The van der Waals surface area contributed by atoms with Crippen molar-refractivity contribution in [2.24, 2.45) is 13.0 Å². The van der Waals surface area contributed by atoms with Crippen LogP contribution in [-0.2, 0) is 18.0 Å². The summed E-state index contributed by atoms with van der Waals surface area (Å²) in [6.07, 6.45) is -4.25. The molecule has 1 unspecified atom stereocenters. The van der Waals surface area contributed by atoms with Gasteiger partial charge in [0.2, 0.25) is 5.91 Å². The summed E-state index contributed by atoms with van der Waals surface area (Å²) in [5.41, 5.74) is -0.998. The molecule has 1 aliphatic heterocycles. The van der Waals surface area contributed by atoms with E-state index in [0.717, 1.165) is 10.7 Å². The lowest BCUT2D eigenvalue weighted by atomic mass is 10.1. The third-order valence-corrected chi connectivity index (χ3v) is 3.28. The lowest BCUT2D eigenvalue weighted by Gasteiger charge is -2.15. The Morgan fingerprint density at radius 2 is 2.22 bits per heavy atom. The minimum Gasteiger partial charge on any atom is -0.297 e. The van der Waals surface area contributed by atoms with E-state index in [9.17, 15) is 18.0 Å². The Morgan fingerprint density at radius 1 is 1.56 bits per heavy atom. The Morgan fingerprint density at radius 3 is 2.67 bits per heavy atom. The maximum Gasteiger partial charge on any atom is 0.435 e. The van der Waals surface area contributed by atoms with Crippen molar-refractivity contribution in [2.75, 3.05) is 17.3 Å². The summed E-state index contributed by atoms with van der Waals surface area (Å²) in [5.74, 6) is 0.215. The van der Waals surface area contributed by atoms with Gasteiger partial charge in [-0.25, -0.2) is 0 Å². The third kappa shape index (κ3) is 2.31. The molecule has 0 aliphatic carbocycles. The predicted octanol–water partition coefficient (Wildman–Crippen LogP) is 2.03. The summed E-state index contributed by atoms with van der Waals surface area (Å²) in [6, 6.07) is 0.883. The summed E-state index contributed by atoms with van der Waals surface area (Å²) in [5, 5.41) is 3.38. The molecule has 100 valence electrons. The molecule has 1 atom stereocenters. The van der Waals surface area contributed by atoms with Crippen LogP contribution in [0.4, 0.5) is 19.0 Å². The molecule has 1 aromatic rings. The normalized spacial score (nSPS) is 20.8. The van der Waals surface area contributed by atoms with E-state index in [-0.39, 0.29) is 24.1 Å². The summed E-state index contributed by atoms with van der Waals surface area (Å²) >= 11 is 5.66. The topological polar surface area (TPSA) is 38.1 Å². The first-order valence-corrected chi connectivity index (χ1v) is 5.84. The Kier molecular flexibility index (Phi) is 3.27. The van der Waals surface area contributed by atoms with E-state index < -0.39 is 11.9 Å². The van der Waals surface area contributed by atoms with Crippen LogP contribution in [-0.4, -0.2) is 28.1 Å². The molecule has 1 fully saturated rings. The summed E-state index contributed by atoms with van der Waals surface area (Å²) in [4.78, 5) is 13.0. The maximum atomic E-state index is 12.5. The molecule has 0 bridgehead atoms. The first-order valence-electron chi connectivity index (χ1n) is 5.30. The summed E-state index contributed by atoms with van der Waals surface area (Å²) in [6.45, 7) is 0.333. The molecule has 4 nitrogen and oxygen atoms in total. The highest BCUT2D eigenvalue weighted by molar-refractivity contribution is 6.18. The average Bonchev–Trinajstić information content (AvgIpc) is 2.81. The minimum atomic E-state index is -4.51. The highest BCUT2D eigenvalue weighted by Gasteiger charge is 2.37. The lowest BCUT2D eigenvalue weighted by molar-refractivity contribution is -0.141. The number of aryl methyl sites for hydroxylation is 1. The van der Waals surface area contributed by atoms with Gasteiger partial charge < -0.3 is 0 Å². The van der Waals surface area contributed by atoms with E-state index in [4.69, 9.17) is 11.6 Å². The molecule has 0 N–H and O–H groups in total. The van der Waals surface area contributed by atoms with Crippen LogP contribution in [0.1, 0.15) is 12.1 Å². The number of hydrogen-bond donors (Lipinski definition) is 0. The van der Waals surface area contributed by atoms with E-state index in [0.29, 0.717) is 12.4 Å². The van der Waals surface area contributed by atoms with E-state index >= 15 is 0 Å². The van der Waals surface area contributed by atoms with Crippen molar-refractivity contribution in [3.8, 4) is 0 Å². The van der Waals surface area contributed by atoms with Crippen molar-refractivity contribution < 1.29 is 18.0 Å². The van der Waals surface area contributed by atoms with Crippen molar-refractivity contribution in [3.05, 3.63) is 11.8 Å². The Hall–Kier alpha value is -1.24. The molecule has 8 heteroatoms. The van der Waals surface area contributed by atoms with Crippen LogP contribution in [0.25, 0.3) is 0 Å². The quantitative estimate of drug-likeness (QED) is 0.778. The number of amides is 1. The first-order chi connectivity index (χ1) is 8.32. The zero-order valence-corrected chi connectivity index (χ0v) is 10.3. The van der Waals surface area contributed by atoms with Gasteiger partial charge in [0, 0.05) is 32.0 Å². The van der Waals surface area contributed by atoms with Crippen LogP contribution in [0.2, 0.25) is 0 Å². The monoisotopic (exact) mass is 281 g/mol. The molecular weight excluding hydrogens is 271 g/mol. The van der Waals surface area contributed by atoms with Crippen molar-refractivity contribution in [2.45, 2.75) is 12.6 Å². The van der Waals surface area contributed by atoms with Gasteiger partial charge >= 0.3 is 6.18 Å². The molecule has 1 saturated heterocycles. The number of aromatic nitrogens is 2. The average molecular weight is 282 g/mol. The molecule has 1 aliphatic rings. The number of rotatable bonds is 2. The van der Waals surface area contributed by atoms with Gasteiger partial charge in [0.05, 0.1) is 0 Å². The van der Waals surface area contributed by atoms with Gasteiger partial charge in [0.15, 0.2) is 5.69 Å². The van der Waals surface area contributed by atoms with Gasteiger partial charge in [0.1, 0.15) is 5.82 Å². The molecule has 18 heavy (non-hydrogen) atoms. The molecular formula is C10H11ClF3N3O. The Labute approximate surface area is 106 Å². The second-order valence-corrected chi connectivity index (χ2v) is 4.55. The molecule has 0 aromatic carbocycles. The Bertz CT molecular complexity index is 471. The van der Waals surface area contributed by atoms with Gasteiger partial charge in [-0.15, -0.1) is 11.6 Å². The molecule has 0 spiro atoms. The molecule has 1 amide bonds. The van der Waals surface area contributed by atoms with Gasteiger partial charge in [-0.2, -0.15) is 18.3 Å². The van der Waals surface area contributed by atoms with E-state index in [2.05, 4.69) is 5.10 Å². The SMILES string of the molecule is Cn1nc(C(F)(F)F)cc1N1CC(CCl)CC1=O.